The largest absolute Gasteiger partial charge is 0.453 e. The molecule has 0 bridgehead atoms. The summed E-state index contributed by atoms with van der Waals surface area (Å²) in [6.45, 7) is 7.63. The number of ether oxygens (including phenoxy) is 6. The van der Waals surface area contributed by atoms with Crippen LogP contribution in [0.5, 0.6) is 0 Å². The Labute approximate surface area is 152 Å². The van der Waals surface area contributed by atoms with Crippen LogP contribution in [0.2, 0.25) is 0 Å². The van der Waals surface area contributed by atoms with Crippen LogP contribution >= 0.6 is 0 Å². The number of carbonyl (C=O) groups excluding carboxylic acids is 1. The van der Waals surface area contributed by atoms with Crippen LogP contribution in [0.1, 0.15) is 38.1 Å². The van der Waals surface area contributed by atoms with E-state index in [1.807, 2.05) is 19.9 Å². The molecule has 0 aromatic heterocycles. The lowest BCUT2D eigenvalue weighted by atomic mass is 10.1. The number of esters is 1. The number of carbonyl (C=O) groups is 1. The van der Waals surface area contributed by atoms with Crippen molar-refractivity contribution < 1.29 is 33.2 Å². The molecular weight excluding hydrogens is 340 g/mol. The molecule has 3 aliphatic heterocycles. The minimum absolute atomic E-state index is 0.347. The van der Waals surface area contributed by atoms with Crippen molar-refractivity contribution in [3.63, 3.8) is 0 Å². The summed E-state index contributed by atoms with van der Waals surface area (Å²) in [5.74, 6) is -1.94. The molecule has 0 N–H and O–H groups in total. The Morgan fingerprint density at radius 1 is 1.00 bits per heavy atom. The van der Waals surface area contributed by atoms with Crippen molar-refractivity contribution in [3.8, 4) is 0 Å². The summed E-state index contributed by atoms with van der Waals surface area (Å²) < 4.78 is 35.1. The van der Waals surface area contributed by atoms with E-state index in [2.05, 4.69) is 0 Å². The second kappa shape index (κ2) is 6.28. The molecular formula is C19H24O7. The van der Waals surface area contributed by atoms with Gasteiger partial charge < -0.3 is 28.4 Å². The summed E-state index contributed by atoms with van der Waals surface area (Å²) in [5, 5.41) is 0. The first-order valence-corrected chi connectivity index (χ1v) is 8.83. The third-order valence-corrected chi connectivity index (χ3v) is 4.68. The zero-order valence-corrected chi connectivity index (χ0v) is 15.3. The topological polar surface area (TPSA) is 72.5 Å². The third kappa shape index (κ3) is 3.37. The van der Waals surface area contributed by atoms with Gasteiger partial charge in [-0.05, 0) is 39.8 Å². The van der Waals surface area contributed by atoms with Crippen LogP contribution < -0.4 is 0 Å². The molecule has 5 atom stereocenters. The fourth-order valence-electron chi connectivity index (χ4n) is 3.58. The molecule has 3 fully saturated rings. The molecule has 0 aliphatic carbocycles. The van der Waals surface area contributed by atoms with E-state index in [0.717, 1.165) is 0 Å². The predicted molar refractivity (Wildman–Crippen MR) is 89.2 cm³/mol. The molecule has 7 heteroatoms. The van der Waals surface area contributed by atoms with Gasteiger partial charge in [-0.3, -0.25) is 0 Å². The molecule has 7 nitrogen and oxygen atoms in total. The van der Waals surface area contributed by atoms with E-state index >= 15 is 0 Å². The fourth-order valence-corrected chi connectivity index (χ4v) is 3.58. The molecule has 0 saturated carbocycles. The first-order valence-electron chi connectivity index (χ1n) is 8.83. The van der Waals surface area contributed by atoms with Crippen LogP contribution in [0.15, 0.2) is 30.3 Å². The lowest BCUT2D eigenvalue weighted by Gasteiger charge is -2.28. The molecule has 3 saturated heterocycles. The maximum atomic E-state index is 12.6. The van der Waals surface area contributed by atoms with Crippen LogP contribution in [0, 0.1) is 0 Å². The fraction of sp³-hybridized carbons (Fsp3) is 0.632. The molecule has 3 heterocycles. The molecule has 0 amide bonds. The first kappa shape index (κ1) is 17.9. The van der Waals surface area contributed by atoms with Crippen molar-refractivity contribution in [1.29, 1.82) is 0 Å². The summed E-state index contributed by atoms with van der Waals surface area (Å²) in [4.78, 5) is 12.6. The van der Waals surface area contributed by atoms with E-state index in [0.29, 0.717) is 12.2 Å². The number of benzene rings is 1. The van der Waals surface area contributed by atoms with Crippen molar-refractivity contribution >= 4 is 5.97 Å². The molecule has 142 valence electrons. The maximum Gasteiger partial charge on any atom is 0.338 e. The minimum Gasteiger partial charge on any atom is -0.453 e. The van der Waals surface area contributed by atoms with Gasteiger partial charge in [0, 0.05) is 0 Å². The van der Waals surface area contributed by atoms with Crippen LogP contribution in [-0.4, -0.2) is 54.9 Å². The average molecular weight is 364 g/mol. The SMILES string of the molecule is CC1(C)OCC(C2OC3OC(C)(C)OC3C2OC(=O)c2ccccc2)O1. The standard InChI is InChI=1S/C19H24O7/c1-18(2)21-10-12(24-18)13-14(15-17(23-13)26-19(3,4)25-15)22-16(20)11-8-6-5-7-9-11/h5-9,12-15,17H,10H2,1-4H3. The van der Waals surface area contributed by atoms with Gasteiger partial charge in [0.1, 0.15) is 12.2 Å². The van der Waals surface area contributed by atoms with Crippen molar-refractivity contribution in [2.45, 2.75) is 70.0 Å². The van der Waals surface area contributed by atoms with Gasteiger partial charge in [0.25, 0.3) is 0 Å². The summed E-state index contributed by atoms with van der Waals surface area (Å²) in [6.07, 6.45) is -2.70. The van der Waals surface area contributed by atoms with E-state index < -0.39 is 42.1 Å². The van der Waals surface area contributed by atoms with Crippen molar-refractivity contribution in [2.75, 3.05) is 6.61 Å². The highest BCUT2D eigenvalue weighted by atomic mass is 16.8. The van der Waals surface area contributed by atoms with Crippen molar-refractivity contribution in [1.82, 2.24) is 0 Å². The predicted octanol–water partition coefficient (Wildman–Crippen LogP) is 2.24. The summed E-state index contributed by atoms with van der Waals surface area (Å²) in [6, 6.07) is 8.84. The highest BCUT2D eigenvalue weighted by Gasteiger charge is 2.60. The molecule has 26 heavy (non-hydrogen) atoms. The molecule has 1 aromatic carbocycles. The maximum absolute atomic E-state index is 12.6. The summed E-state index contributed by atoms with van der Waals surface area (Å²) >= 11 is 0. The van der Waals surface area contributed by atoms with E-state index in [4.69, 9.17) is 28.4 Å². The van der Waals surface area contributed by atoms with E-state index in [-0.39, 0.29) is 6.10 Å². The van der Waals surface area contributed by atoms with Crippen LogP contribution in [0.25, 0.3) is 0 Å². The Morgan fingerprint density at radius 2 is 1.73 bits per heavy atom. The smallest absolute Gasteiger partial charge is 0.338 e. The van der Waals surface area contributed by atoms with Gasteiger partial charge in [-0.2, -0.15) is 0 Å². The quantitative estimate of drug-likeness (QED) is 0.762. The van der Waals surface area contributed by atoms with Gasteiger partial charge in [-0.25, -0.2) is 4.79 Å². The number of hydrogen-bond donors (Lipinski definition) is 0. The van der Waals surface area contributed by atoms with Gasteiger partial charge in [0.2, 0.25) is 0 Å². The Morgan fingerprint density at radius 3 is 2.38 bits per heavy atom. The first-order chi connectivity index (χ1) is 12.2. The lowest BCUT2D eigenvalue weighted by Crippen LogP contribution is -2.45. The number of hydrogen-bond acceptors (Lipinski definition) is 7. The van der Waals surface area contributed by atoms with Gasteiger partial charge in [-0.1, -0.05) is 18.2 Å². The van der Waals surface area contributed by atoms with Crippen LogP contribution in [0.4, 0.5) is 0 Å². The second-order valence-electron chi connectivity index (χ2n) is 7.67. The third-order valence-electron chi connectivity index (χ3n) is 4.68. The van der Waals surface area contributed by atoms with Crippen LogP contribution in [-0.2, 0) is 28.4 Å². The van der Waals surface area contributed by atoms with Gasteiger partial charge in [0.05, 0.1) is 12.2 Å². The Bertz CT molecular complexity index is 672. The second-order valence-corrected chi connectivity index (χ2v) is 7.67. The lowest BCUT2D eigenvalue weighted by molar-refractivity contribution is -0.232. The molecule has 3 aliphatic rings. The molecule has 1 aromatic rings. The highest BCUT2D eigenvalue weighted by Crippen LogP contribution is 2.42. The van der Waals surface area contributed by atoms with Gasteiger partial charge in [0.15, 0.2) is 30.1 Å². The zero-order valence-electron chi connectivity index (χ0n) is 15.3. The van der Waals surface area contributed by atoms with Crippen molar-refractivity contribution in [3.05, 3.63) is 35.9 Å². The average Bonchev–Trinajstić information content (AvgIpc) is 3.18. The monoisotopic (exact) mass is 364 g/mol. The molecule has 0 radical (unpaired) electrons. The van der Waals surface area contributed by atoms with E-state index in [1.165, 1.54) is 0 Å². The molecule has 4 rings (SSSR count). The number of fused-ring (bicyclic) bond motifs is 1. The Hall–Kier alpha value is -1.51. The summed E-state index contributed by atoms with van der Waals surface area (Å²) in [5.41, 5.74) is 0.469. The number of rotatable bonds is 3. The van der Waals surface area contributed by atoms with E-state index in [1.54, 1.807) is 38.1 Å². The molecule has 5 unspecified atom stereocenters. The van der Waals surface area contributed by atoms with Gasteiger partial charge >= 0.3 is 5.97 Å². The van der Waals surface area contributed by atoms with E-state index in [9.17, 15) is 4.79 Å². The Balaban J connectivity index is 1.55. The van der Waals surface area contributed by atoms with Crippen LogP contribution in [0.3, 0.4) is 0 Å². The summed E-state index contributed by atoms with van der Waals surface area (Å²) in [7, 11) is 0. The Kier molecular flexibility index (Phi) is 4.32. The minimum atomic E-state index is -0.802. The highest BCUT2D eigenvalue weighted by molar-refractivity contribution is 5.89. The van der Waals surface area contributed by atoms with Gasteiger partial charge in [-0.15, -0.1) is 0 Å². The van der Waals surface area contributed by atoms with Crippen molar-refractivity contribution in [2.24, 2.45) is 0 Å². The zero-order chi connectivity index (χ0) is 18.5. The normalized spacial score (nSPS) is 37.5. The molecule has 0 spiro atoms.